The van der Waals surface area contributed by atoms with Gasteiger partial charge < -0.3 is 14.2 Å². The Hall–Kier alpha value is -3.01. The molecule has 1 heterocycles. The molecule has 222 valence electrons. The van der Waals surface area contributed by atoms with Gasteiger partial charge in [0.25, 0.3) is 6.48 Å². The molecule has 0 bridgehead atoms. The van der Waals surface area contributed by atoms with Gasteiger partial charge in [0.2, 0.25) is 5.82 Å². The standard InChI is InChI=1S/C32H35F5O4/c1-3-5-7-8-21-19-39-31(40-20-21)41-32(36,37)24-13-14-25(27(33)18-24)22-9-11-23(12-10-22)26-15-16-28(30(35)29(26)34)38-17-6-4-2/h9-16,18,21,31H,3-8,17,19-20H2,1-2H3. The van der Waals surface area contributed by atoms with E-state index in [1.54, 1.807) is 0 Å². The van der Waals surface area contributed by atoms with Gasteiger partial charge in [-0.15, -0.1) is 0 Å². The highest BCUT2D eigenvalue weighted by molar-refractivity contribution is 5.71. The van der Waals surface area contributed by atoms with E-state index >= 15 is 0 Å². The molecule has 0 radical (unpaired) electrons. The second-order valence-corrected chi connectivity index (χ2v) is 10.2. The minimum absolute atomic E-state index is 0.0175. The Labute approximate surface area is 237 Å². The van der Waals surface area contributed by atoms with Gasteiger partial charge in [0, 0.05) is 17.0 Å². The molecule has 1 aliphatic heterocycles. The van der Waals surface area contributed by atoms with Crippen LogP contribution in [0.3, 0.4) is 0 Å². The minimum Gasteiger partial charge on any atom is -0.490 e. The molecule has 3 aromatic carbocycles. The quantitative estimate of drug-likeness (QED) is 0.150. The zero-order valence-corrected chi connectivity index (χ0v) is 23.2. The van der Waals surface area contributed by atoms with Gasteiger partial charge >= 0.3 is 6.11 Å². The van der Waals surface area contributed by atoms with E-state index in [9.17, 15) is 22.0 Å². The fraction of sp³-hybridized carbons (Fsp3) is 0.438. The van der Waals surface area contributed by atoms with Crippen molar-refractivity contribution in [1.82, 2.24) is 0 Å². The van der Waals surface area contributed by atoms with E-state index < -0.39 is 35.6 Å². The van der Waals surface area contributed by atoms with Crippen molar-refractivity contribution in [3.8, 4) is 28.0 Å². The number of halogens is 5. The third kappa shape index (κ3) is 7.84. The lowest BCUT2D eigenvalue weighted by atomic mass is 9.98. The molecule has 4 nitrogen and oxygen atoms in total. The first-order valence-electron chi connectivity index (χ1n) is 14.0. The summed E-state index contributed by atoms with van der Waals surface area (Å²) in [4.78, 5) is 0. The van der Waals surface area contributed by atoms with Gasteiger partial charge in [0.1, 0.15) is 5.82 Å². The zero-order valence-electron chi connectivity index (χ0n) is 23.2. The van der Waals surface area contributed by atoms with E-state index in [2.05, 4.69) is 6.92 Å². The van der Waals surface area contributed by atoms with Gasteiger partial charge in [-0.3, -0.25) is 4.74 Å². The average molecular weight is 579 g/mol. The van der Waals surface area contributed by atoms with E-state index in [1.807, 2.05) is 6.92 Å². The molecule has 9 heteroatoms. The molecule has 0 aliphatic carbocycles. The SMILES string of the molecule is CCCCCC1COC(OC(F)(F)c2ccc(-c3ccc(-c4ccc(OCCCC)c(F)c4F)cc3)c(F)c2)OC1. The molecule has 0 atom stereocenters. The van der Waals surface area contributed by atoms with Crippen LogP contribution in [0.2, 0.25) is 0 Å². The molecule has 4 rings (SSSR count). The van der Waals surface area contributed by atoms with E-state index in [-0.39, 0.29) is 42.6 Å². The lowest BCUT2D eigenvalue weighted by Crippen LogP contribution is -2.37. The summed E-state index contributed by atoms with van der Waals surface area (Å²) in [5.41, 5.74) is 0.121. The smallest absolute Gasteiger partial charge is 0.387 e. The maximum Gasteiger partial charge on any atom is 0.387 e. The van der Waals surface area contributed by atoms with Crippen LogP contribution in [-0.2, 0) is 20.3 Å². The van der Waals surface area contributed by atoms with Crippen LogP contribution in [0.15, 0.2) is 54.6 Å². The highest BCUT2D eigenvalue weighted by atomic mass is 19.3. The normalized spacial score (nSPS) is 17.5. The van der Waals surface area contributed by atoms with Crippen LogP contribution in [0, 0.1) is 23.4 Å². The number of unbranched alkanes of at least 4 members (excludes halogenated alkanes) is 3. The highest BCUT2D eigenvalue weighted by Gasteiger charge is 2.39. The van der Waals surface area contributed by atoms with Crippen molar-refractivity contribution in [3.63, 3.8) is 0 Å². The average Bonchev–Trinajstić information content (AvgIpc) is 2.96. The van der Waals surface area contributed by atoms with E-state index in [0.717, 1.165) is 44.6 Å². The van der Waals surface area contributed by atoms with E-state index in [1.165, 1.54) is 42.5 Å². The largest absolute Gasteiger partial charge is 0.490 e. The molecular formula is C32H35F5O4. The van der Waals surface area contributed by atoms with Crippen LogP contribution in [0.4, 0.5) is 22.0 Å². The van der Waals surface area contributed by atoms with Gasteiger partial charge in [-0.2, -0.15) is 13.2 Å². The number of rotatable bonds is 13. The molecule has 1 saturated heterocycles. The molecule has 41 heavy (non-hydrogen) atoms. The van der Waals surface area contributed by atoms with E-state index in [4.69, 9.17) is 18.9 Å². The number of hydrogen-bond acceptors (Lipinski definition) is 4. The first kappa shape index (κ1) is 30.9. The molecule has 0 aromatic heterocycles. The minimum atomic E-state index is -3.85. The molecule has 0 saturated carbocycles. The predicted molar refractivity (Wildman–Crippen MR) is 146 cm³/mol. The summed E-state index contributed by atoms with van der Waals surface area (Å²) < 4.78 is 94.5. The molecule has 1 fully saturated rings. The van der Waals surface area contributed by atoms with Gasteiger partial charge in [-0.1, -0.05) is 69.9 Å². The summed E-state index contributed by atoms with van der Waals surface area (Å²) in [6.07, 6.45) is 1.79. The molecular weight excluding hydrogens is 543 g/mol. The monoisotopic (exact) mass is 578 g/mol. The Bertz CT molecular complexity index is 1270. The summed E-state index contributed by atoms with van der Waals surface area (Å²) in [5, 5.41) is 0. The van der Waals surface area contributed by atoms with Crippen molar-refractivity contribution in [3.05, 3.63) is 77.6 Å². The Morgan fingerprint density at radius 2 is 1.41 bits per heavy atom. The number of benzene rings is 3. The first-order chi connectivity index (χ1) is 19.7. The van der Waals surface area contributed by atoms with Crippen molar-refractivity contribution >= 4 is 0 Å². The molecule has 0 spiro atoms. The van der Waals surface area contributed by atoms with Crippen LogP contribution in [0.5, 0.6) is 5.75 Å². The van der Waals surface area contributed by atoms with Crippen LogP contribution in [0.1, 0.15) is 57.9 Å². The van der Waals surface area contributed by atoms with Crippen LogP contribution < -0.4 is 4.74 Å². The van der Waals surface area contributed by atoms with Crippen LogP contribution in [-0.4, -0.2) is 26.3 Å². The summed E-state index contributed by atoms with van der Waals surface area (Å²) in [6, 6.07) is 11.8. The number of hydrogen-bond donors (Lipinski definition) is 0. The van der Waals surface area contributed by atoms with E-state index in [0.29, 0.717) is 17.2 Å². The summed E-state index contributed by atoms with van der Waals surface area (Å²) in [6.45, 7) is 3.30. The summed E-state index contributed by atoms with van der Waals surface area (Å²) >= 11 is 0. The van der Waals surface area contributed by atoms with Crippen LogP contribution >= 0.6 is 0 Å². The fourth-order valence-electron chi connectivity index (χ4n) is 4.58. The maximum atomic E-state index is 15.0. The van der Waals surface area contributed by atoms with Crippen molar-refractivity contribution in [2.24, 2.45) is 5.92 Å². The Kier molecular flexibility index (Phi) is 10.8. The molecule has 0 amide bonds. The molecule has 0 N–H and O–H groups in total. The van der Waals surface area contributed by atoms with Gasteiger partial charge in [-0.05, 0) is 48.2 Å². The second kappa shape index (κ2) is 14.2. The zero-order chi connectivity index (χ0) is 29.4. The third-order valence-corrected chi connectivity index (χ3v) is 7.01. The van der Waals surface area contributed by atoms with Crippen molar-refractivity contribution in [2.45, 2.75) is 65.0 Å². The Balaban J connectivity index is 1.41. The third-order valence-electron chi connectivity index (χ3n) is 7.01. The molecule has 1 aliphatic rings. The lowest BCUT2D eigenvalue weighted by molar-refractivity contribution is -0.412. The highest BCUT2D eigenvalue weighted by Crippen LogP contribution is 2.36. The maximum absolute atomic E-state index is 15.0. The summed E-state index contributed by atoms with van der Waals surface area (Å²) in [7, 11) is 0. The Morgan fingerprint density at radius 1 is 0.780 bits per heavy atom. The molecule has 0 unspecified atom stereocenters. The topological polar surface area (TPSA) is 36.9 Å². The summed E-state index contributed by atoms with van der Waals surface area (Å²) in [5.74, 6) is -3.07. The fourth-order valence-corrected chi connectivity index (χ4v) is 4.58. The van der Waals surface area contributed by atoms with Crippen molar-refractivity contribution < 1.29 is 40.9 Å². The second-order valence-electron chi connectivity index (χ2n) is 10.2. The Morgan fingerprint density at radius 3 is 2.05 bits per heavy atom. The lowest BCUT2D eigenvalue weighted by Gasteiger charge is -2.31. The van der Waals surface area contributed by atoms with Crippen molar-refractivity contribution in [1.29, 1.82) is 0 Å². The number of ether oxygens (including phenoxy) is 4. The first-order valence-corrected chi connectivity index (χ1v) is 14.0. The number of alkyl halides is 2. The predicted octanol–water partition coefficient (Wildman–Crippen LogP) is 9.21. The van der Waals surface area contributed by atoms with Crippen LogP contribution in [0.25, 0.3) is 22.3 Å². The molecule has 3 aromatic rings. The van der Waals surface area contributed by atoms with Gasteiger partial charge in [-0.25, -0.2) is 8.78 Å². The van der Waals surface area contributed by atoms with Gasteiger partial charge in [0.05, 0.1) is 25.4 Å². The van der Waals surface area contributed by atoms with Crippen molar-refractivity contribution in [2.75, 3.05) is 19.8 Å². The van der Waals surface area contributed by atoms with Gasteiger partial charge in [0.15, 0.2) is 11.6 Å².